The Kier molecular flexibility index (Phi) is 7.11. The molecule has 0 bridgehead atoms. The van der Waals surface area contributed by atoms with Gasteiger partial charge in [0.2, 0.25) is 18.2 Å². The van der Waals surface area contributed by atoms with Crippen LogP contribution >= 0.6 is 22.9 Å². The Morgan fingerprint density at radius 1 is 1.42 bits per heavy atom. The molecule has 132 valence electrons. The maximum absolute atomic E-state index is 11.5. The smallest absolute Gasteiger partial charge is 0.360 e. The highest BCUT2D eigenvalue weighted by Crippen LogP contribution is 2.16. The maximum atomic E-state index is 11.5. The molecule has 0 aliphatic heterocycles. The first kappa shape index (κ1) is 19.8. The van der Waals surface area contributed by atoms with Crippen LogP contribution < -0.4 is 5.32 Å². The second kappa shape index (κ2) is 8.60. The summed E-state index contributed by atoms with van der Waals surface area (Å²) in [7, 11) is 0. The minimum Gasteiger partial charge on any atom is -0.476 e. The average molecular weight is 378 g/mol. The highest BCUT2D eigenvalue weighted by molar-refractivity contribution is 7.14. The molecule has 0 fully saturated rings. The lowest BCUT2D eigenvalue weighted by Gasteiger charge is -2.18. The van der Waals surface area contributed by atoms with Crippen molar-refractivity contribution >= 4 is 51.6 Å². The molecule has 24 heavy (non-hydrogen) atoms. The number of rotatable bonds is 7. The summed E-state index contributed by atoms with van der Waals surface area (Å²) in [6.07, 6.45) is 0. The molecule has 0 spiro atoms. The summed E-state index contributed by atoms with van der Waals surface area (Å²) in [6.45, 7) is 4.50. The molecule has 9 nitrogen and oxygen atoms in total. The van der Waals surface area contributed by atoms with Crippen LogP contribution in [0.15, 0.2) is 10.5 Å². The van der Waals surface area contributed by atoms with Gasteiger partial charge in [-0.3, -0.25) is 4.79 Å². The highest BCUT2D eigenvalue weighted by Gasteiger charge is 2.20. The largest absolute Gasteiger partial charge is 0.476 e. The summed E-state index contributed by atoms with van der Waals surface area (Å²) in [5, 5.41) is 16.5. The predicted molar refractivity (Wildman–Crippen MR) is 87.4 cm³/mol. The number of hydrogen-bond acceptors (Lipinski definition) is 8. The number of esters is 1. The van der Waals surface area contributed by atoms with E-state index >= 15 is 0 Å². The SMILES string of the molecule is CC(C)(C)OC(=O)CO/N=C(\C(=O)O)c1csc(NC(=O)CCl)n1. The molecule has 1 aromatic rings. The van der Waals surface area contributed by atoms with Crippen LogP contribution in [0.1, 0.15) is 26.5 Å². The van der Waals surface area contributed by atoms with E-state index in [-0.39, 0.29) is 16.7 Å². The number of nitrogens with one attached hydrogen (secondary N) is 1. The van der Waals surface area contributed by atoms with Crippen LogP contribution in [0, 0.1) is 0 Å². The molecule has 1 rings (SSSR count). The Balaban J connectivity index is 2.75. The fourth-order valence-corrected chi connectivity index (χ4v) is 2.09. The van der Waals surface area contributed by atoms with Gasteiger partial charge in [-0.25, -0.2) is 14.6 Å². The molecule has 0 aliphatic carbocycles. The van der Waals surface area contributed by atoms with Gasteiger partial charge in [-0.2, -0.15) is 0 Å². The zero-order chi connectivity index (χ0) is 18.3. The lowest BCUT2D eigenvalue weighted by atomic mass is 10.2. The Morgan fingerprint density at radius 2 is 2.08 bits per heavy atom. The summed E-state index contributed by atoms with van der Waals surface area (Å²) in [5.41, 5.74) is -1.23. The van der Waals surface area contributed by atoms with Crippen LogP contribution in [0.2, 0.25) is 0 Å². The van der Waals surface area contributed by atoms with Crippen molar-refractivity contribution < 1.29 is 29.1 Å². The second-order valence-electron chi connectivity index (χ2n) is 5.32. The van der Waals surface area contributed by atoms with Crippen molar-refractivity contribution in [2.45, 2.75) is 26.4 Å². The number of carbonyl (C=O) groups is 3. The minimum absolute atomic E-state index is 0.0263. The molecule has 1 amide bonds. The molecular weight excluding hydrogens is 362 g/mol. The quantitative estimate of drug-likeness (QED) is 0.318. The molecular formula is C13H16ClN3O6S. The summed E-state index contributed by atoms with van der Waals surface area (Å²) in [6, 6.07) is 0. The second-order valence-corrected chi connectivity index (χ2v) is 6.45. The number of halogens is 1. The van der Waals surface area contributed by atoms with Crippen molar-refractivity contribution in [1.82, 2.24) is 4.98 Å². The van der Waals surface area contributed by atoms with Gasteiger partial charge in [0.15, 0.2) is 5.13 Å². The van der Waals surface area contributed by atoms with E-state index in [0.29, 0.717) is 0 Å². The molecule has 0 radical (unpaired) electrons. The van der Waals surface area contributed by atoms with Crippen molar-refractivity contribution in [2.24, 2.45) is 5.16 Å². The number of carbonyl (C=O) groups excluding carboxylic acids is 2. The van der Waals surface area contributed by atoms with Crippen LogP contribution in [0.3, 0.4) is 0 Å². The molecule has 2 N–H and O–H groups in total. The van der Waals surface area contributed by atoms with Crippen LogP contribution in [-0.4, -0.2) is 51.7 Å². The molecule has 0 atom stereocenters. The number of thiazole rings is 1. The summed E-state index contributed by atoms with van der Waals surface area (Å²) >= 11 is 6.34. The number of aliphatic carboxylic acids is 1. The van der Waals surface area contributed by atoms with Crippen LogP contribution in [0.5, 0.6) is 0 Å². The van der Waals surface area contributed by atoms with Crippen LogP contribution in [0.25, 0.3) is 0 Å². The summed E-state index contributed by atoms with van der Waals surface area (Å²) in [4.78, 5) is 42.5. The number of ether oxygens (including phenoxy) is 1. The Hall–Kier alpha value is -2.20. The number of amides is 1. The first-order chi connectivity index (χ1) is 11.1. The third kappa shape index (κ3) is 6.92. The Labute approximate surface area is 146 Å². The number of alkyl halides is 1. The fraction of sp³-hybridized carbons (Fsp3) is 0.462. The van der Waals surface area contributed by atoms with E-state index in [1.807, 2.05) is 0 Å². The maximum Gasteiger partial charge on any atom is 0.360 e. The predicted octanol–water partition coefficient (Wildman–Crippen LogP) is 1.47. The summed E-state index contributed by atoms with van der Waals surface area (Å²) in [5.74, 6) is -2.83. The van der Waals surface area contributed by atoms with Crippen LogP contribution in [-0.2, 0) is 24.0 Å². The first-order valence-electron chi connectivity index (χ1n) is 6.59. The molecule has 0 saturated heterocycles. The topological polar surface area (TPSA) is 127 Å². The Bertz CT molecular complexity index is 652. The molecule has 0 aromatic carbocycles. The van der Waals surface area contributed by atoms with Gasteiger partial charge in [-0.05, 0) is 20.8 Å². The van der Waals surface area contributed by atoms with Crippen LogP contribution in [0.4, 0.5) is 5.13 Å². The fourth-order valence-electron chi connectivity index (χ4n) is 1.31. The lowest BCUT2D eigenvalue weighted by Crippen LogP contribution is -2.26. The van der Waals surface area contributed by atoms with Gasteiger partial charge in [0.25, 0.3) is 0 Å². The number of hydrogen-bond donors (Lipinski definition) is 2. The van der Waals surface area contributed by atoms with Gasteiger partial charge in [0.05, 0.1) is 0 Å². The van der Waals surface area contributed by atoms with E-state index in [1.54, 1.807) is 20.8 Å². The summed E-state index contributed by atoms with van der Waals surface area (Å²) < 4.78 is 4.99. The van der Waals surface area contributed by atoms with E-state index in [9.17, 15) is 14.4 Å². The van der Waals surface area contributed by atoms with Crippen molar-refractivity contribution in [3.63, 3.8) is 0 Å². The molecule has 11 heteroatoms. The molecule has 0 unspecified atom stereocenters. The Morgan fingerprint density at radius 3 is 2.62 bits per heavy atom. The zero-order valence-electron chi connectivity index (χ0n) is 13.2. The number of oxime groups is 1. The molecule has 1 aromatic heterocycles. The van der Waals surface area contributed by atoms with Gasteiger partial charge in [-0.1, -0.05) is 5.16 Å². The van der Waals surface area contributed by atoms with E-state index < -0.39 is 35.8 Å². The third-order valence-electron chi connectivity index (χ3n) is 2.08. The molecule has 0 saturated carbocycles. The van der Waals surface area contributed by atoms with Gasteiger partial charge in [0, 0.05) is 5.38 Å². The monoisotopic (exact) mass is 377 g/mol. The number of carboxylic acids is 1. The molecule has 0 aliphatic rings. The average Bonchev–Trinajstić information content (AvgIpc) is 2.89. The zero-order valence-corrected chi connectivity index (χ0v) is 14.7. The molecule has 1 heterocycles. The van der Waals surface area contributed by atoms with Crippen molar-refractivity contribution in [1.29, 1.82) is 0 Å². The third-order valence-corrected chi connectivity index (χ3v) is 3.08. The van der Waals surface area contributed by atoms with Crippen molar-refractivity contribution in [3.05, 3.63) is 11.1 Å². The van der Waals surface area contributed by atoms with Gasteiger partial charge < -0.3 is 20.0 Å². The number of nitrogens with zero attached hydrogens (tertiary/aromatic N) is 2. The van der Waals surface area contributed by atoms with E-state index in [0.717, 1.165) is 11.3 Å². The van der Waals surface area contributed by atoms with E-state index in [2.05, 4.69) is 15.5 Å². The normalized spacial score (nSPS) is 11.8. The number of anilines is 1. The number of carboxylic acid groups (broad SMARTS) is 1. The van der Waals surface area contributed by atoms with Crippen molar-refractivity contribution in [2.75, 3.05) is 17.8 Å². The van der Waals surface area contributed by atoms with E-state index in [1.165, 1.54) is 5.38 Å². The standard InChI is InChI=1S/C13H16ClN3O6S/c1-13(2,3)23-9(19)5-22-17-10(11(20)21)7-6-24-12(15-7)16-8(18)4-14/h6H,4-5H2,1-3H3,(H,20,21)(H,15,16,18)/b17-10-. The van der Waals surface area contributed by atoms with E-state index in [4.69, 9.17) is 26.3 Å². The highest BCUT2D eigenvalue weighted by atomic mass is 35.5. The van der Waals surface area contributed by atoms with Gasteiger partial charge >= 0.3 is 11.9 Å². The lowest BCUT2D eigenvalue weighted by molar-refractivity contribution is -0.160. The van der Waals surface area contributed by atoms with Crippen molar-refractivity contribution in [3.8, 4) is 0 Å². The minimum atomic E-state index is -1.40. The first-order valence-corrected chi connectivity index (χ1v) is 8.00. The number of aromatic nitrogens is 1. The van der Waals surface area contributed by atoms with Gasteiger partial charge in [0.1, 0.15) is 17.2 Å². The van der Waals surface area contributed by atoms with Gasteiger partial charge in [-0.15, -0.1) is 22.9 Å².